The Kier molecular flexibility index (Phi) is 3.54. The van der Waals surface area contributed by atoms with Crippen LogP contribution in [0.25, 0.3) is 11.0 Å². The summed E-state index contributed by atoms with van der Waals surface area (Å²) in [6, 6.07) is 6.01. The summed E-state index contributed by atoms with van der Waals surface area (Å²) in [5.41, 5.74) is 0.560. The molecule has 0 radical (unpaired) electrons. The minimum Gasteiger partial charge on any atom is -0.444 e. The predicted molar refractivity (Wildman–Crippen MR) is 80.4 cm³/mol. The maximum absolute atomic E-state index is 9.21. The highest BCUT2D eigenvalue weighted by Gasteiger charge is 2.31. The van der Waals surface area contributed by atoms with Crippen molar-refractivity contribution in [3.8, 4) is 12.1 Å². The molecule has 2 aromatic rings. The third kappa shape index (κ3) is 2.46. The molecule has 0 bridgehead atoms. The van der Waals surface area contributed by atoms with E-state index in [1.54, 1.807) is 12.3 Å². The first-order chi connectivity index (χ1) is 10.1. The Bertz CT molecular complexity index is 772. The molecule has 3 rings (SSSR count). The third-order valence-electron chi connectivity index (χ3n) is 3.62. The van der Waals surface area contributed by atoms with Gasteiger partial charge >= 0.3 is 0 Å². The Morgan fingerprint density at radius 2 is 2.29 bits per heavy atom. The van der Waals surface area contributed by atoms with Crippen LogP contribution in [0.4, 0.5) is 5.82 Å². The Hall–Kier alpha value is -2.09. The summed E-state index contributed by atoms with van der Waals surface area (Å²) in [5.74, 6) is 0.840. The summed E-state index contributed by atoms with van der Waals surface area (Å²) >= 11 is 3.50. The van der Waals surface area contributed by atoms with Crippen LogP contribution >= 0.6 is 15.9 Å². The molecule has 0 amide bonds. The van der Waals surface area contributed by atoms with Gasteiger partial charge in [-0.1, -0.05) is 0 Å². The average molecular weight is 346 g/mol. The Balaban J connectivity index is 1.93. The van der Waals surface area contributed by atoms with E-state index >= 15 is 0 Å². The first-order valence-electron chi connectivity index (χ1n) is 6.45. The van der Waals surface area contributed by atoms with Crippen LogP contribution in [0.2, 0.25) is 0 Å². The zero-order chi connectivity index (χ0) is 15.0. The van der Waals surface area contributed by atoms with E-state index in [1.165, 1.54) is 0 Å². The molecule has 2 atom stereocenters. The predicted octanol–water partition coefficient (Wildman–Crippen LogP) is 2.33. The average Bonchev–Trinajstić information content (AvgIpc) is 3.05. The number of rotatable bonds is 2. The van der Waals surface area contributed by atoms with Crippen LogP contribution < -0.4 is 5.32 Å². The van der Waals surface area contributed by atoms with Crippen LogP contribution in [0.15, 0.2) is 21.2 Å². The first kappa shape index (κ1) is 13.9. The minimum atomic E-state index is -0.0709. The van der Waals surface area contributed by atoms with Crippen LogP contribution in [0.3, 0.4) is 0 Å². The lowest BCUT2D eigenvalue weighted by Crippen LogP contribution is -2.28. The van der Waals surface area contributed by atoms with Crippen LogP contribution in [0, 0.1) is 28.6 Å². The van der Waals surface area contributed by atoms with Gasteiger partial charge < -0.3 is 14.6 Å². The van der Waals surface area contributed by atoms with E-state index in [0.717, 1.165) is 22.9 Å². The van der Waals surface area contributed by atoms with Crippen molar-refractivity contribution < 1.29 is 4.42 Å². The molecule has 1 aliphatic heterocycles. The summed E-state index contributed by atoms with van der Waals surface area (Å²) in [4.78, 5) is 6.44. The zero-order valence-corrected chi connectivity index (χ0v) is 12.9. The van der Waals surface area contributed by atoms with Crippen molar-refractivity contribution in [1.82, 2.24) is 9.88 Å². The molecule has 0 aliphatic carbocycles. The van der Waals surface area contributed by atoms with E-state index in [-0.39, 0.29) is 17.7 Å². The fraction of sp³-hybridized carbons (Fsp3) is 0.357. The van der Waals surface area contributed by atoms with Crippen LogP contribution in [0.5, 0.6) is 0 Å². The van der Waals surface area contributed by atoms with Gasteiger partial charge in [0.2, 0.25) is 5.76 Å². The number of nitrogens with one attached hydrogen (secondary N) is 1. The fourth-order valence-electron chi connectivity index (χ4n) is 2.59. The van der Waals surface area contributed by atoms with Gasteiger partial charge in [0, 0.05) is 24.5 Å². The number of anilines is 1. The molecule has 7 heteroatoms. The molecule has 1 saturated heterocycles. The summed E-state index contributed by atoms with van der Waals surface area (Å²) in [6.07, 6.45) is 1.59. The number of nitrogens with zero attached hydrogens (tertiary/aromatic N) is 4. The van der Waals surface area contributed by atoms with Crippen molar-refractivity contribution in [2.75, 3.05) is 25.5 Å². The molecule has 1 N–H and O–H groups in total. The number of pyridine rings is 1. The quantitative estimate of drug-likeness (QED) is 0.898. The number of aromatic nitrogens is 1. The van der Waals surface area contributed by atoms with Gasteiger partial charge in [0.1, 0.15) is 11.9 Å². The number of furan rings is 1. The van der Waals surface area contributed by atoms with Crippen molar-refractivity contribution in [3.05, 3.63) is 22.5 Å². The Morgan fingerprint density at radius 1 is 1.48 bits per heavy atom. The fourth-order valence-corrected chi connectivity index (χ4v) is 3.12. The second-order valence-electron chi connectivity index (χ2n) is 5.13. The van der Waals surface area contributed by atoms with E-state index < -0.39 is 0 Å². The summed E-state index contributed by atoms with van der Waals surface area (Å²) in [6.45, 7) is 1.54. The molecule has 6 nitrogen and oxygen atoms in total. The van der Waals surface area contributed by atoms with Gasteiger partial charge in [-0.15, -0.1) is 0 Å². The van der Waals surface area contributed by atoms with Crippen molar-refractivity contribution in [3.63, 3.8) is 0 Å². The second-order valence-corrected chi connectivity index (χ2v) is 5.92. The molecule has 2 aromatic heterocycles. The van der Waals surface area contributed by atoms with Crippen LogP contribution in [0.1, 0.15) is 5.76 Å². The molecule has 1 aliphatic rings. The number of halogens is 1. The standard InChI is InChI=1S/C14H12BrN5O/c1-20-6-8(3-16)11(7-20)19-14-13(15)10-2-9(4-17)21-12(10)5-18-14/h2,5,8,11H,6-7H2,1H3,(H,18,19). The zero-order valence-electron chi connectivity index (χ0n) is 11.3. The van der Waals surface area contributed by atoms with Gasteiger partial charge in [-0.3, -0.25) is 0 Å². The van der Waals surface area contributed by atoms with E-state index in [4.69, 9.17) is 9.68 Å². The largest absolute Gasteiger partial charge is 0.444 e. The van der Waals surface area contributed by atoms with E-state index in [0.29, 0.717) is 11.4 Å². The smallest absolute Gasteiger partial charge is 0.204 e. The lowest BCUT2D eigenvalue weighted by Gasteiger charge is -2.16. The SMILES string of the molecule is CN1CC(C#N)C(Nc2ncc3oc(C#N)cc3c2Br)C1. The molecule has 106 valence electrons. The second kappa shape index (κ2) is 5.36. The normalized spacial score (nSPS) is 22.1. The van der Waals surface area contributed by atoms with Gasteiger partial charge in [-0.2, -0.15) is 10.5 Å². The molecule has 0 aromatic carbocycles. The van der Waals surface area contributed by atoms with E-state index in [1.807, 2.05) is 13.1 Å². The molecule has 1 fully saturated rings. The van der Waals surface area contributed by atoms with Gasteiger partial charge in [0.05, 0.1) is 28.7 Å². The van der Waals surface area contributed by atoms with Gasteiger partial charge in [-0.05, 0) is 23.0 Å². The molecule has 3 heterocycles. The summed E-state index contributed by atoms with van der Waals surface area (Å²) in [5, 5.41) is 22.2. The van der Waals surface area contributed by atoms with E-state index in [2.05, 4.69) is 37.2 Å². The minimum absolute atomic E-state index is 0.0311. The van der Waals surface area contributed by atoms with Crippen molar-refractivity contribution in [2.45, 2.75) is 6.04 Å². The number of likely N-dealkylation sites (tertiary alicyclic amines) is 1. The van der Waals surface area contributed by atoms with E-state index in [9.17, 15) is 5.26 Å². The van der Waals surface area contributed by atoms with Gasteiger partial charge in [-0.25, -0.2) is 4.98 Å². The van der Waals surface area contributed by atoms with Crippen molar-refractivity contribution in [2.24, 2.45) is 5.92 Å². The number of nitriles is 2. The highest BCUT2D eigenvalue weighted by molar-refractivity contribution is 9.10. The van der Waals surface area contributed by atoms with Crippen molar-refractivity contribution in [1.29, 1.82) is 10.5 Å². The monoisotopic (exact) mass is 345 g/mol. The molecule has 0 spiro atoms. The lowest BCUT2D eigenvalue weighted by molar-refractivity contribution is 0.407. The maximum atomic E-state index is 9.21. The van der Waals surface area contributed by atoms with Crippen LogP contribution in [-0.4, -0.2) is 36.1 Å². The molecular weight excluding hydrogens is 334 g/mol. The van der Waals surface area contributed by atoms with Crippen LogP contribution in [-0.2, 0) is 0 Å². The number of likely N-dealkylation sites (N-methyl/N-ethyl adjacent to an activating group) is 1. The number of fused-ring (bicyclic) bond motifs is 1. The maximum Gasteiger partial charge on any atom is 0.204 e. The molecule has 2 unspecified atom stereocenters. The Morgan fingerprint density at radius 3 is 3.00 bits per heavy atom. The third-order valence-corrected chi connectivity index (χ3v) is 4.42. The lowest BCUT2D eigenvalue weighted by atomic mass is 10.1. The number of hydrogen-bond acceptors (Lipinski definition) is 6. The summed E-state index contributed by atoms with van der Waals surface area (Å²) in [7, 11) is 1.99. The summed E-state index contributed by atoms with van der Waals surface area (Å²) < 4.78 is 6.09. The highest BCUT2D eigenvalue weighted by Crippen LogP contribution is 2.33. The highest BCUT2D eigenvalue weighted by atomic mass is 79.9. The Labute approximate surface area is 130 Å². The van der Waals surface area contributed by atoms with Crippen molar-refractivity contribution >= 4 is 32.7 Å². The molecule has 21 heavy (non-hydrogen) atoms. The van der Waals surface area contributed by atoms with Gasteiger partial charge in [0.25, 0.3) is 0 Å². The molecular formula is C14H12BrN5O. The molecule has 0 saturated carbocycles. The van der Waals surface area contributed by atoms with Gasteiger partial charge in [0.15, 0.2) is 5.58 Å². The topological polar surface area (TPSA) is 88.9 Å². The number of hydrogen-bond donors (Lipinski definition) is 1. The first-order valence-corrected chi connectivity index (χ1v) is 7.24.